The second kappa shape index (κ2) is 3.96. The normalized spacial score (nSPS) is 25.6. The zero-order valence-electron chi connectivity index (χ0n) is 10.2. The van der Waals surface area contributed by atoms with Crippen LogP contribution in [0.1, 0.15) is 40.5 Å². The van der Waals surface area contributed by atoms with Gasteiger partial charge < -0.3 is 9.84 Å². The maximum absolute atomic E-state index is 12.0. The zero-order chi connectivity index (χ0) is 12.6. The first-order valence-electron chi connectivity index (χ1n) is 5.41. The van der Waals surface area contributed by atoms with Crippen molar-refractivity contribution in [2.24, 2.45) is 0 Å². The maximum atomic E-state index is 12.0. The van der Waals surface area contributed by atoms with E-state index in [9.17, 15) is 9.59 Å². The van der Waals surface area contributed by atoms with Gasteiger partial charge >= 0.3 is 12.1 Å². The van der Waals surface area contributed by atoms with Gasteiger partial charge in [-0.1, -0.05) is 0 Å². The molecule has 1 aliphatic rings. The first-order chi connectivity index (χ1) is 7.17. The van der Waals surface area contributed by atoms with Crippen molar-refractivity contribution in [3.05, 3.63) is 0 Å². The number of nitrogens with zero attached hydrogens (tertiary/aromatic N) is 1. The minimum Gasteiger partial charge on any atom is -0.465 e. The summed E-state index contributed by atoms with van der Waals surface area (Å²) in [7, 11) is 0. The van der Waals surface area contributed by atoms with E-state index in [0.29, 0.717) is 19.4 Å². The molecule has 1 saturated heterocycles. The van der Waals surface area contributed by atoms with Gasteiger partial charge in [0.1, 0.15) is 11.1 Å². The van der Waals surface area contributed by atoms with Crippen molar-refractivity contribution in [2.75, 3.05) is 6.54 Å². The molecule has 0 aromatic rings. The van der Waals surface area contributed by atoms with E-state index in [4.69, 9.17) is 9.84 Å². The zero-order valence-corrected chi connectivity index (χ0v) is 10.2. The predicted octanol–water partition coefficient (Wildman–Crippen LogP) is 1.86. The summed E-state index contributed by atoms with van der Waals surface area (Å²) in [6.07, 6.45) is 0.154. The highest BCUT2D eigenvalue weighted by Gasteiger charge is 2.48. The predicted molar refractivity (Wildman–Crippen MR) is 58.2 cm³/mol. The fourth-order valence-corrected chi connectivity index (χ4v) is 1.87. The highest BCUT2D eigenvalue weighted by Crippen LogP contribution is 2.31. The van der Waals surface area contributed by atoms with E-state index in [0.717, 1.165) is 0 Å². The van der Waals surface area contributed by atoms with Crippen molar-refractivity contribution in [3.8, 4) is 0 Å². The highest BCUT2D eigenvalue weighted by atomic mass is 16.6. The number of hydrogen-bond acceptors (Lipinski definition) is 3. The molecule has 1 aliphatic heterocycles. The van der Waals surface area contributed by atoms with Crippen molar-refractivity contribution in [1.29, 1.82) is 0 Å². The van der Waals surface area contributed by atoms with E-state index in [1.54, 1.807) is 27.7 Å². The Balaban J connectivity index is 2.84. The van der Waals surface area contributed by atoms with Crippen LogP contribution in [0.4, 0.5) is 4.79 Å². The van der Waals surface area contributed by atoms with Crippen LogP contribution in [0.15, 0.2) is 0 Å². The molecule has 0 aromatic carbocycles. The molecule has 0 spiro atoms. The monoisotopic (exact) mass is 229 g/mol. The Morgan fingerprint density at radius 3 is 2.38 bits per heavy atom. The second-order valence-electron chi connectivity index (χ2n) is 5.31. The van der Waals surface area contributed by atoms with Crippen LogP contribution in [0, 0.1) is 0 Å². The Labute approximate surface area is 95.4 Å². The van der Waals surface area contributed by atoms with E-state index in [2.05, 4.69) is 0 Å². The SMILES string of the molecule is CC(C)(C)OC(=O)C1(C)CCCN1C(=O)O. The minimum atomic E-state index is -1.06. The Hall–Kier alpha value is -1.26. The third-order valence-corrected chi connectivity index (χ3v) is 2.71. The fourth-order valence-electron chi connectivity index (χ4n) is 1.87. The molecule has 1 amide bonds. The standard InChI is InChI=1S/C11H19NO4/c1-10(2,3)16-8(13)11(4)6-5-7-12(11)9(14)15/h5-7H2,1-4H3,(H,14,15). The highest BCUT2D eigenvalue weighted by molar-refractivity contribution is 5.85. The van der Waals surface area contributed by atoms with Crippen LogP contribution in [0.5, 0.6) is 0 Å². The molecule has 1 fully saturated rings. The Bertz CT molecular complexity index is 308. The number of rotatable bonds is 1. The molecule has 5 heteroatoms. The van der Waals surface area contributed by atoms with Gasteiger partial charge in [0.05, 0.1) is 0 Å². The number of esters is 1. The molecule has 1 N–H and O–H groups in total. The summed E-state index contributed by atoms with van der Waals surface area (Å²) in [4.78, 5) is 24.1. The average Bonchev–Trinajstić information content (AvgIpc) is 2.45. The van der Waals surface area contributed by atoms with Crippen LogP contribution in [0.25, 0.3) is 0 Å². The van der Waals surface area contributed by atoms with Gasteiger partial charge in [0.2, 0.25) is 0 Å². The summed E-state index contributed by atoms with van der Waals surface area (Å²) in [6.45, 7) is 7.34. The molecule has 0 aliphatic carbocycles. The molecular weight excluding hydrogens is 210 g/mol. The van der Waals surface area contributed by atoms with Gasteiger partial charge in [-0.15, -0.1) is 0 Å². The number of carbonyl (C=O) groups is 2. The van der Waals surface area contributed by atoms with Gasteiger partial charge in [-0.3, -0.25) is 4.90 Å². The van der Waals surface area contributed by atoms with Crippen LogP contribution in [0.3, 0.4) is 0 Å². The van der Waals surface area contributed by atoms with Gasteiger partial charge in [-0.25, -0.2) is 9.59 Å². The Kier molecular flexibility index (Phi) is 3.17. The Morgan fingerprint density at radius 1 is 1.38 bits per heavy atom. The topological polar surface area (TPSA) is 66.8 Å². The van der Waals surface area contributed by atoms with E-state index < -0.39 is 23.2 Å². The molecular formula is C11H19NO4. The summed E-state index contributed by atoms with van der Waals surface area (Å²) in [5.74, 6) is -0.458. The first-order valence-corrected chi connectivity index (χ1v) is 5.41. The fraction of sp³-hybridized carbons (Fsp3) is 0.818. The second-order valence-corrected chi connectivity index (χ2v) is 5.31. The lowest BCUT2D eigenvalue weighted by Gasteiger charge is -2.33. The number of carbonyl (C=O) groups excluding carboxylic acids is 1. The third kappa shape index (κ3) is 2.46. The van der Waals surface area contributed by atoms with Crippen molar-refractivity contribution >= 4 is 12.1 Å². The quantitative estimate of drug-likeness (QED) is 0.697. The van der Waals surface area contributed by atoms with E-state index in [1.807, 2.05) is 0 Å². The molecule has 1 heterocycles. The molecule has 16 heavy (non-hydrogen) atoms. The van der Waals surface area contributed by atoms with Crippen molar-refractivity contribution in [1.82, 2.24) is 4.90 Å². The summed E-state index contributed by atoms with van der Waals surface area (Å²) in [5.41, 5.74) is -1.62. The van der Waals surface area contributed by atoms with Crippen molar-refractivity contribution in [3.63, 3.8) is 0 Å². The van der Waals surface area contributed by atoms with Crippen LogP contribution in [-0.2, 0) is 9.53 Å². The molecule has 0 aromatic heterocycles. The lowest BCUT2D eigenvalue weighted by Crippen LogP contribution is -2.52. The largest absolute Gasteiger partial charge is 0.465 e. The number of carboxylic acid groups (broad SMARTS) is 1. The first kappa shape index (κ1) is 12.8. The van der Waals surface area contributed by atoms with E-state index >= 15 is 0 Å². The number of ether oxygens (including phenoxy) is 1. The molecule has 0 saturated carbocycles. The molecule has 1 unspecified atom stereocenters. The van der Waals surface area contributed by atoms with Gasteiger partial charge in [0.15, 0.2) is 0 Å². The van der Waals surface area contributed by atoms with Gasteiger partial charge in [-0.2, -0.15) is 0 Å². The van der Waals surface area contributed by atoms with E-state index in [-0.39, 0.29) is 0 Å². The number of amides is 1. The maximum Gasteiger partial charge on any atom is 0.408 e. The smallest absolute Gasteiger partial charge is 0.408 e. The summed E-state index contributed by atoms with van der Waals surface area (Å²) < 4.78 is 5.26. The van der Waals surface area contributed by atoms with Gasteiger partial charge in [-0.05, 0) is 40.5 Å². The average molecular weight is 229 g/mol. The molecule has 1 atom stereocenters. The number of likely N-dealkylation sites (tertiary alicyclic amines) is 1. The number of hydrogen-bond donors (Lipinski definition) is 1. The molecule has 0 bridgehead atoms. The lowest BCUT2D eigenvalue weighted by molar-refractivity contribution is -0.166. The Morgan fingerprint density at radius 2 is 1.94 bits per heavy atom. The molecule has 92 valence electrons. The third-order valence-electron chi connectivity index (χ3n) is 2.71. The molecule has 0 radical (unpaired) electrons. The molecule has 1 rings (SSSR count). The summed E-state index contributed by atoms with van der Waals surface area (Å²) in [5, 5.41) is 9.01. The van der Waals surface area contributed by atoms with Crippen LogP contribution >= 0.6 is 0 Å². The molecule has 5 nitrogen and oxygen atoms in total. The van der Waals surface area contributed by atoms with Gasteiger partial charge in [0.25, 0.3) is 0 Å². The summed E-state index contributed by atoms with van der Waals surface area (Å²) >= 11 is 0. The van der Waals surface area contributed by atoms with Crippen molar-refractivity contribution in [2.45, 2.75) is 51.7 Å². The minimum absolute atomic E-state index is 0.394. The van der Waals surface area contributed by atoms with Crippen molar-refractivity contribution < 1.29 is 19.4 Å². The van der Waals surface area contributed by atoms with E-state index in [1.165, 1.54) is 4.90 Å². The van der Waals surface area contributed by atoms with Crippen LogP contribution < -0.4 is 0 Å². The summed E-state index contributed by atoms with van der Waals surface area (Å²) in [6, 6.07) is 0. The lowest BCUT2D eigenvalue weighted by atomic mass is 9.99. The van der Waals surface area contributed by atoms with Crippen LogP contribution in [-0.4, -0.2) is 39.8 Å². The van der Waals surface area contributed by atoms with Crippen LogP contribution in [0.2, 0.25) is 0 Å². The van der Waals surface area contributed by atoms with Gasteiger partial charge in [0, 0.05) is 6.54 Å².